The van der Waals surface area contributed by atoms with Crippen molar-refractivity contribution in [2.24, 2.45) is 5.92 Å². The van der Waals surface area contributed by atoms with Crippen LogP contribution in [0.2, 0.25) is 5.02 Å². The lowest BCUT2D eigenvalue weighted by Crippen LogP contribution is -2.45. The third-order valence-corrected chi connectivity index (χ3v) is 4.84. The van der Waals surface area contributed by atoms with Crippen LogP contribution in [-0.2, 0) is 27.0 Å². The number of carbonyl (C=O) groups is 3. The highest BCUT2D eigenvalue weighted by Crippen LogP contribution is 2.33. The van der Waals surface area contributed by atoms with E-state index < -0.39 is 35.4 Å². The van der Waals surface area contributed by atoms with Gasteiger partial charge in [-0.25, -0.2) is 0 Å². The number of hydrogen-bond donors (Lipinski definition) is 2. The lowest BCUT2D eigenvalue weighted by Gasteiger charge is -2.18. The number of alkyl halides is 3. The second-order valence-electron chi connectivity index (χ2n) is 6.79. The molecule has 3 rings (SSSR count). The van der Waals surface area contributed by atoms with Crippen LogP contribution >= 0.6 is 11.6 Å². The van der Waals surface area contributed by atoms with Crippen LogP contribution in [0.5, 0.6) is 0 Å². The summed E-state index contributed by atoms with van der Waals surface area (Å²) in [7, 11) is 0. The van der Waals surface area contributed by atoms with Crippen molar-refractivity contribution in [3.63, 3.8) is 0 Å². The summed E-state index contributed by atoms with van der Waals surface area (Å²) in [5, 5.41) is 0.531. The molecule has 158 valence electrons. The molecule has 0 bridgehead atoms. The van der Waals surface area contributed by atoms with E-state index in [1.54, 1.807) is 24.3 Å². The maximum Gasteiger partial charge on any atom is 0.416 e. The van der Waals surface area contributed by atoms with Crippen molar-refractivity contribution >= 4 is 35.0 Å². The van der Waals surface area contributed by atoms with Crippen molar-refractivity contribution in [2.75, 3.05) is 11.4 Å². The predicted octanol–water partition coefficient (Wildman–Crippen LogP) is 3.10. The average Bonchev–Trinajstić information content (AvgIpc) is 3.09. The number of halogens is 4. The molecule has 10 heteroatoms. The summed E-state index contributed by atoms with van der Waals surface area (Å²) < 4.78 is 38.7. The Morgan fingerprint density at radius 2 is 1.80 bits per heavy atom. The van der Waals surface area contributed by atoms with Gasteiger partial charge in [0.15, 0.2) is 0 Å². The van der Waals surface area contributed by atoms with Crippen LogP contribution in [0.3, 0.4) is 0 Å². The third-order valence-electron chi connectivity index (χ3n) is 4.58. The predicted molar refractivity (Wildman–Crippen MR) is 103 cm³/mol. The van der Waals surface area contributed by atoms with Gasteiger partial charge in [-0.3, -0.25) is 25.2 Å². The number of nitrogens with zero attached hydrogens (tertiary/aromatic N) is 1. The summed E-state index contributed by atoms with van der Waals surface area (Å²) in [6, 6.07) is 11.0. The van der Waals surface area contributed by atoms with Gasteiger partial charge in [-0.05, 0) is 35.9 Å². The van der Waals surface area contributed by atoms with Crippen LogP contribution in [0, 0.1) is 5.92 Å². The van der Waals surface area contributed by atoms with E-state index in [0.29, 0.717) is 10.6 Å². The fourth-order valence-corrected chi connectivity index (χ4v) is 3.17. The van der Waals surface area contributed by atoms with E-state index in [-0.39, 0.29) is 25.1 Å². The average molecular weight is 440 g/mol. The van der Waals surface area contributed by atoms with Crippen molar-refractivity contribution in [1.82, 2.24) is 10.9 Å². The first-order valence-corrected chi connectivity index (χ1v) is 9.32. The quantitative estimate of drug-likeness (QED) is 0.719. The molecule has 0 spiro atoms. The van der Waals surface area contributed by atoms with Gasteiger partial charge < -0.3 is 4.90 Å². The molecular formula is C20H17ClF3N3O3. The summed E-state index contributed by atoms with van der Waals surface area (Å²) in [6.45, 7) is -0.0843. The number of benzene rings is 2. The number of hydrazine groups is 1. The molecule has 0 aromatic heterocycles. The topological polar surface area (TPSA) is 78.5 Å². The summed E-state index contributed by atoms with van der Waals surface area (Å²) >= 11 is 5.78. The number of carbonyl (C=O) groups excluding carboxylic acids is 3. The molecule has 6 nitrogen and oxygen atoms in total. The van der Waals surface area contributed by atoms with E-state index in [9.17, 15) is 27.6 Å². The maximum atomic E-state index is 12.9. The highest BCUT2D eigenvalue weighted by Gasteiger charge is 2.37. The molecule has 2 aromatic rings. The first kappa shape index (κ1) is 21.6. The molecule has 1 fully saturated rings. The fraction of sp³-hybridized carbons (Fsp3) is 0.250. The molecular weight excluding hydrogens is 423 g/mol. The van der Waals surface area contributed by atoms with Gasteiger partial charge in [0.1, 0.15) is 0 Å². The van der Waals surface area contributed by atoms with Gasteiger partial charge in [-0.15, -0.1) is 0 Å². The normalized spacial score (nSPS) is 16.5. The standard InChI is InChI=1S/C20H17ClF3N3O3/c21-15-6-4-12(5-7-15)8-17(28)25-26-19(30)13-9-18(29)27(11-13)16-3-1-2-14(10-16)20(22,23)24/h1-7,10,13H,8-9,11H2,(H,25,28)(H,26,30). The van der Waals surface area contributed by atoms with Crippen LogP contribution < -0.4 is 15.8 Å². The Kier molecular flexibility index (Phi) is 6.31. The second-order valence-corrected chi connectivity index (χ2v) is 7.23. The lowest BCUT2D eigenvalue weighted by molar-refractivity contribution is -0.137. The van der Waals surface area contributed by atoms with Crippen molar-refractivity contribution < 1.29 is 27.6 Å². The summed E-state index contributed by atoms with van der Waals surface area (Å²) in [4.78, 5) is 37.6. The minimum absolute atomic E-state index is 0.0113. The van der Waals surface area contributed by atoms with E-state index >= 15 is 0 Å². The van der Waals surface area contributed by atoms with Gasteiger partial charge >= 0.3 is 6.18 Å². The highest BCUT2D eigenvalue weighted by atomic mass is 35.5. The molecule has 0 saturated carbocycles. The molecule has 0 radical (unpaired) electrons. The van der Waals surface area contributed by atoms with Gasteiger partial charge in [-0.2, -0.15) is 13.2 Å². The monoisotopic (exact) mass is 439 g/mol. The van der Waals surface area contributed by atoms with Gasteiger partial charge in [-0.1, -0.05) is 29.8 Å². The Morgan fingerprint density at radius 3 is 2.47 bits per heavy atom. The summed E-state index contributed by atoms with van der Waals surface area (Å²) in [5.74, 6) is -2.34. The molecule has 1 aliphatic heterocycles. The Hall–Kier alpha value is -3.07. The molecule has 3 amide bonds. The Bertz CT molecular complexity index is 964. The minimum atomic E-state index is -4.54. The van der Waals surface area contributed by atoms with Crippen molar-refractivity contribution in [3.8, 4) is 0 Å². The van der Waals surface area contributed by atoms with Crippen LogP contribution in [-0.4, -0.2) is 24.3 Å². The largest absolute Gasteiger partial charge is 0.416 e. The molecule has 1 heterocycles. The lowest BCUT2D eigenvalue weighted by atomic mass is 10.1. The Labute approximate surface area is 175 Å². The highest BCUT2D eigenvalue weighted by molar-refractivity contribution is 6.30. The molecule has 2 aromatic carbocycles. The van der Waals surface area contributed by atoms with Crippen molar-refractivity contribution in [1.29, 1.82) is 0 Å². The molecule has 1 atom stereocenters. The fourth-order valence-electron chi connectivity index (χ4n) is 3.05. The first-order chi connectivity index (χ1) is 14.1. The third kappa shape index (κ3) is 5.29. The SMILES string of the molecule is O=C(Cc1ccc(Cl)cc1)NNC(=O)C1CC(=O)N(c2cccc(C(F)(F)F)c2)C1. The van der Waals surface area contributed by atoms with Gasteiger partial charge in [0.2, 0.25) is 17.7 Å². The van der Waals surface area contributed by atoms with Gasteiger partial charge in [0.05, 0.1) is 17.9 Å². The van der Waals surface area contributed by atoms with Crippen molar-refractivity contribution in [2.45, 2.75) is 19.0 Å². The molecule has 1 aliphatic rings. The number of amides is 3. The van der Waals surface area contributed by atoms with E-state index in [0.717, 1.165) is 17.0 Å². The number of hydrogen-bond acceptors (Lipinski definition) is 3. The molecule has 1 saturated heterocycles. The molecule has 0 aliphatic carbocycles. The van der Waals surface area contributed by atoms with Crippen LogP contribution in [0.1, 0.15) is 17.5 Å². The zero-order valence-corrected chi connectivity index (χ0v) is 16.3. The first-order valence-electron chi connectivity index (χ1n) is 8.94. The minimum Gasteiger partial charge on any atom is -0.312 e. The summed E-state index contributed by atoms with van der Waals surface area (Å²) in [5.41, 5.74) is 4.41. The molecule has 30 heavy (non-hydrogen) atoms. The van der Waals surface area contributed by atoms with Crippen LogP contribution in [0.25, 0.3) is 0 Å². The number of anilines is 1. The zero-order chi connectivity index (χ0) is 21.9. The van der Waals surface area contributed by atoms with Crippen LogP contribution in [0.15, 0.2) is 48.5 Å². The van der Waals surface area contributed by atoms with E-state index in [1.165, 1.54) is 12.1 Å². The Balaban J connectivity index is 1.56. The zero-order valence-electron chi connectivity index (χ0n) is 15.5. The Morgan fingerprint density at radius 1 is 1.10 bits per heavy atom. The number of rotatable bonds is 4. The summed E-state index contributed by atoms with van der Waals surface area (Å²) in [6.07, 6.45) is -4.70. The smallest absolute Gasteiger partial charge is 0.312 e. The maximum absolute atomic E-state index is 12.9. The van der Waals surface area contributed by atoms with Gasteiger partial charge in [0, 0.05) is 23.7 Å². The van der Waals surface area contributed by atoms with E-state index in [1.807, 2.05) is 0 Å². The second kappa shape index (κ2) is 8.74. The van der Waals surface area contributed by atoms with Crippen LogP contribution in [0.4, 0.5) is 18.9 Å². The molecule has 1 unspecified atom stereocenters. The van der Waals surface area contributed by atoms with Crippen molar-refractivity contribution in [3.05, 3.63) is 64.7 Å². The number of nitrogens with one attached hydrogen (secondary N) is 2. The van der Waals surface area contributed by atoms with E-state index in [2.05, 4.69) is 10.9 Å². The van der Waals surface area contributed by atoms with Gasteiger partial charge in [0.25, 0.3) is 0 Å². The molecule has 2 N–H and O–H groups in total. The van der Waals surface area contributed by atoms with E-state index in [4.69, 9.17) is 11.6 Å².